The number of aliphatic hydroxyl groups is 1. The van der Waals surface area contributed by atoms with Crippen LogP contribution in [-0.4, -0.2) is 17.3 Å². The zero-order valence-corrected chi connectivity index (χ0v) is 10.1. The summed E-state index contributed by atoms with van der Waals surface area (Å²) in [5.74, 6) is -1.41. The van der Waals surface area contributed by atoms with E-state index in [1.54, 1.807) is 0 Å². The summed E-state index contributed by atoms with van der Waals surface area (Å²) >= 11 is 0. The third-order valence-corrected chi connectivity index (χ3v) is 2.59. The van der Waals surface area contributed by atoms with E-state index in [4.69, 9.17) is 4.74 Å². The lowest BCUT2D eigenvalue weighted by Gasteiger charge is -2.23. The van der Waals surface area contributed by atoms with Gasteiger partial charge in [0.05, 0.1) is 6.10 Å². The van der Waals surface area contributed by atoms with Gasteiger partial charge in [-0.3, -0.25) is 0 Å². The molecule has 0 bridgehead atoms. The molecule has 0 fully saturated rings. The highest BCUT2D eigenvalue weighted by molar-refractivity contribution is 5.25. The van der Waals surface area contributed by atoms with Crippen LogP contribution in [0.3, 0.4) is 0 Å². The van der Waals surface area contributed by atoms with Gasteiger partial charge in [0, 0.05) is 6.07 Å². The van der Waals surface area contributed by atoms with Crippen molar-refractivity contribution in [2.24, 2.45) is 0 Å². The maximum Gasteiger partial charge on any atom is 0.167 e. The fourth-order valence-corrected chi connectivity index (χ4v) is 1.65. The molecule has 1 N–H and O–H groups in total. The van der Waals surface area contributed by atoms with Crippen LogP contribution in [0.1, 0.15) is 33.1 Å². The molecule has 0 aliphatic carbocycles. The van der Waals surface area contributed by atoms with E-state index >= 15 is 0 Å². The molecule has 0 amide bonds. The van der Waals surface area contributed by atoms with Gasteiger partial charge < -0.3 is 9.84 Å². The minimum atomic E-state index is -0.743. The second-order valence-corrected chi connectivity index (χ2v) is 4.00. The lowest BCUT2D eigenvalue weighted by atomic mass is 10.1. The molecule has 0 saturated heterocycles. The van der Waals surface area contributed by atoms with Crippen molar-refractivity contribution >= 4 is 0 Å². The molecule has 0 aliphatic heterocycles. The fraction of sp³-hybridized carbons (Fsp3) is 0.538. The average molecular weight is 244 g/mol. The van der Waals surface area contributed by atoms with Crippen LogP contribution in [0.5, 0.6) is 5.75 Å². The van der Waals surface area contributed by atoms with Gasteiger partial charge in [-0.2, -0.15) is 0 Å². The number of benzene rings is 1. The largest absolute Gasteiger partial charge is 0.485 e. The minimum absolute atomic E-state index is 0.0200. The highest BCUT2D eigenvalue weighted by Crippen LogP contribution is 2.21. The summed E-state index contributed by atoms with van der Waals surface area (Å²) in [5.41, 5.74) is 0. The van der Waals surface area contributed by atoms with Crippen LogP contribution >= 0.6 is 0 Å². The molecule has 4 heteroatoms. The van der Waals surface area contributed by atoms with Gasteiger partial charge in [0.1, 0.15) is 11.9 Å². The van der Waals surface area contributed by atoms with Crippen molar-refractivity contribution in [1.82, 2.24) is 0 Å². The molecular formula is C13H18F2O2. The average Bonchev–Trinajstić information content (AvgIpc) is 2.28. The Balaban J connectivity index is 2.73. The molecule has 2 nitrogen and oxygen atoms in total. The second kappa shape index (κ2) is 6.55. The number of rotatable bonds is 6. The van der Waals surface area contributed by atoms with Crippen molar-refractivity contribution in [2.45, 2.75) is 45.3 Å². The van der Waals surface area contributed by atoms with Crippen LogP contribution in [0.15, 0.2) is 18.2 Å². The Bertz CT molecular complexity index is 355. The van der Waals surface area contributed by atoms with Gasteiger partial charge in [-0.1, -0.05) is 20.3 Å². The first-order valence-electron chi connectivity index (χ1n) is 5.88. The van der Waals surface area contributed by atoms with Crippen LogP contribution < -0.4 is 4.74 Å². The summed E-state index contributed by atoms with van der Waals surface area (Å²) in [6.45, 7) is 3.80. The van der Waals surface area contributed by atoms with Crippen LogP contribution in [0.4, 0.5) is 8.78 Å². The van der Waals surface area contributed by atoms with Crippen molar-refractivity contribution < 1.29 is 18.6 Å². The maximum atomic E-state index is 13.3. The van der Waals surface area contributed by atoms with Gasteiger partial charge in [0.15, 0.2) is 11.6 Å². The van der Waals surface area contributed by atoms with Gasteiger partial charge >= 0.3 is 0 Å². The number of hydrogen-bond donors (Lipinski definition) is 1. The Kier molecular flexibility index (Phi) is 5.35. The summed E-state index contributed by atoms with van der Waals surface area (Å²) < 4.78 is 31.4. The highest BCUT2D eigenvalue weighted by Gasteiger charge is 2.19. The van der Waals surface area contributed by atoms with E-state index in [-0.39, 0.29) is 5.75 Å². The minimum Gasteiger partial charge on any atom is -0.485 e. The molecule has 0 aliphatic rings. The third-order valence-electron chi connectivity index (χ3n) is 2.59. The summed E-state index contributed by atoms with van der Waals surface area (Å²) in [6.07, 6.45) is 0.899. The van der Waals surface area contributed by atoms with Crippen molar-refractivity contribution in [2.75, 3.05) is 0 Å². The van der Waals surface area contributed by atoms with Gasteiger partial charge in [0.2, 0.25) is 0 Å². The monoisotopic (exact) mass is 244 g/mol. The Morgan fingerprint density at radius 3 is 2.53 bits per heavy atom. The lowest BCUT2D eigenvalue weighted by Crippen LogP contribution is -2.31. The molecule has 96 valence electrons. The SMILES string of the molecule is CCCC(O)C(CC)Oc1ccc(F)cc1F. The zero-order valence-electron chi connectivity index (χ0n) is 10.1. The molecule has 0 saturated carbocycles. The second-order valence-electron chi connectivity index (χ2n) is 4.00. The first-order chi connectivity index (χ1) is 8.08. The molecule has 0 heterocycles. The van der Waals surface area contributed by atoms with E-state index < -0.39 is 23.8 Å². The predicted molar refractivity (Wildman–Crippen MR) is 62.0 cm³/mol. The van der Waals surface area contributed by atoms with Crippen molar-refractivity contribution in [1.29, 1.82) is 0 Å². The Labute approximate surface area is 100 Å². The van der Waals surface area contributed by atoms with Crippen molar-refractivity contribution in [3.8, 4) is 5.75 Å². The molecule has 0 spiro atoms. The number of halogens is 2. The van der Waals surface area contributed by atoms with Crippen LogP contribution in [0.2, 0.25) is 0 Å². The maximum absolute atomic E-state index is 13.3. The number of aliphatic hydroxyl groups excluding tert-OH is 1. The van der Waals surface area contributed by atoms with E-state index in [0.29, 0.717) is 12.8 Å². The topological polar surface area (TPSA) is 29.5 Å². The molecule has 0 radical (unpaired) electrons. The Morgan fingerprint density at radius 2 is 2.00 bits per heavy atom. The smallest absolute Gasteiger partial charge is 0.167 e. The van der Waals surface area contributed by atoms with Gasteiger partial charge in [-0.15, -0.1) is 0 Å². The quantitative estimate of drug-likeness (QED) is 0.832. The van der Waals surface area contributed by atoms with Crippen LogP contribution in [-0.2, 0) is 0 Å². The molecule has 2 unspecified atom stereocenters. The van der Waals surface area contributed by atoms with Gasteiger partial charge in [-0.25, -0.2) is 8.78 Å². The first kappa shape index (κ1) is 13.9. The zero-order chi connectivity index (χ0) is 12.8. The van der Waals surface area contributed by atoms with Gasteiger partial charge in [-0.05, 0) is 25.0 Å². The third kappa shape index (κ3) is 3.97. The van der Waals surface area contributed by atoms with E-state index in [1.807, 2.05) is 13.8 Å². The fourth-order valence-electron chi connectivity index (χ4n) is 1.65. The predicted octanol–water partition coefficient (Wildman–Crippen LogP) is 3.28. The van der Waals surface area contributed by atoms with E-state index in [1.165, 1.54) is 6.07 Å². The molecule has 1 aromatic carbocycles. The van der Waals surface area contributed by atoms with E-state index in [2.05, 4.69) is 0 Å². The van der Waals surface area contributed by atoms with E-state index in [9.17, 15) is 13.9 Å². The Hall–Kier alpha value is -1.16. The standard InChI is InChI=1S/C13H18F2O2/c1-3-5-11(16)12(4-2)17-13-7-6-9(14)8-10(13)15/h6-8,11-12,16H,3-5H2,1-2H3. The summed E-state index contributed by atoms with van der Waals surface area (Å²) in [6, 6.07) is 3.15. The summed E-state index contributed by atoms with van der Waals surface area (Å²) in [4.78, 5) is 0. The van der Waals surface area contributed by atoms with Crippen LogP contribution in [0.25, 0.3) is 0 Å². The molecule has 2 atom stereocenters. The molecule has 0 aromatic heterocycles. The highest BCUT2D eigenvalue weighted by atomic mass is 19.1. The normalized spacial score (nSPS) is 14.4. The first-order valence-corrected chi connectivity index (χ1v) is 5.88. The number of ether oxygens (including phenoxy) is 1. The van der Waals surface area contributed by atoms with Crippen molar-refractivity contribution in [3.05, 3.63) is 29.8 Å². The number of hydrogen-bond acceptors (Lipinski definition) is 2. The van der Waals surface area contributed by atoms with Crippen LogP contribution in [0, 0.1) is 11.6 Å². The summed E-state index contributed by atoms with van der Waals surface area (Å²) in [5, 5.41) is 9.79. The van der Waals surface area contributed by atoms with Gasteiger partial charge in [0.25, 0.3) is 0 Å². The molecular weight excluding hydrogens is 226 g/mol. The Morgan fingerprint density at radius 1 is 1.29 bits per heavy atom. The molecule has 1 rings (SSSR count). The molecule has 17 heavy (non-hydrogen) atoms. The van der Waals surface area contributed by atoms with Crippen molar-refractivity contribution in [3.63, 3.8) is 0 Å². The lowest BCUT2D eigenvalue weighted by molar-refractivity contribution is 0.0262. The molecule has 1 aromatic rings. The van der Waals surface area contributed by atoms with E-state index in [0.717, 1.165) is 18.6 Å². The summed E-state index contributed by atoms with van der Waals surface area (Å²) in [7, 11) is 0.